The van der Waals surface area contributed by atoms with Crippen LogP contribution in [-0.2, 0) is 17.6 Å². The highest BCUT2D eigenvalue weighted by molar-refractivity contribution is 5.94. The number of hydrogen-bond donors (Lipinski definition) is 1. The molecule has 1 N–H and O–H groups in total. The SMILES string of the molecule is CCOc1cc([C@@H]2CC(c3ccc(OC)cc3)N(CC(=O)Nc3c(CC)ccc(F)c3CC)C2)ccc1C1CCC1. The zero-order valence-corrected chi connectivity index (χ0v) is 24.8. The second-order valence-electron chi connectivity index (χ2n) is 11.3. The molecule has 0 radical (unpaired) electrons. The highest BCUT2D eigenvalue weighted by Crippen LogP contribution is 2.45. The minimum Gasteiger partial charge on any atom is -0.497 e. The molecule has 6 heteroatoms. The summed E-state index contributed by atoms with van der Waals surface area (Å²) in [5, 5.41) is 3.09. The van der Waals surface area contributed by atoms with Gasteiger partial charge in [-0.2, -0.15) is 0 Å². The maximum absolute atomic E-state index is 14.6. The van der Waals surface area contributed by atoms with E-state index < -0.39 is 0 Å². The van der Waals surface area contributed by atoms with Crippen molar-refractivity contribution in [3.8, 4) is 11.5 Å². The molecule has 0 aromatic heterocycles. The highest BCUT2D eigenvalue weighted by atomic mass is 19.1. The van der Waals surface area contributed by atoms with E-state index in [0.29, 0.717) is 30.2 Å². The van der Waals surface area contributed by atoms with Crippen LogP contribution in [0.3, 0.4) is 0 Å². The monoisotopic (exact) mass is 558 g/mol. The van der Waals surface area contributed by atoms with E-state index in [1.54, 1.807) is 13.2 Å². The van der Waals surface area contributed by atoms with Crippen LogP contribution in [0.4, 0.5) is 10.1 Å². The van der Waals surface area contributed by atoms with Crippen molar-refractivity contribution in [2.24, 2.45) is 0 Å². The van der Waals surface area contributed by atoms with Crippen LogP contribution < -0.4 is 14.8 Å². The van der Waals surface area contributed by atoms with Gasteiger partial charge in [0.2, 0.25) is 5.91 Å². The zero-order valence-electron chi connectivity index (χ0n) is 24.8. The van der Waals surface area contributed by atoms with Crippen molar-refractivity contribution in [1.82, 2.24) is 4.90 Å². The number of halogens is 1. The van der Waals surface area contributed by atoms with Crippen LogP contribution in [0, 0.1) is 5.82 Å². The van der Waals surface area contributed by atoms with Gasteiger partial charge in [0.25, 0.3) is 0 Å². The van der Waals surface area contributed by atoms with Gasteiger partial charge >= 0.3 is 0 Å². The Morgan fingerprint density at radius 2 is 1.73 bits per heavy atom. The number of nitrogens with one attached hydrogen (secondary N) is 1. The van der Waals surface area contributed by atoms with Gasteiger partial charge < -0.3 is 14.8 Å². The largest absolute Gasteiger partial charge is 0.497 e. The molecule has 0 bridgehead atoms. The number of methoxy groups -OCH3 is 1. The minimum absolute atomic E-state index is 0.0716. The van der Waals surface area contributed by atoms with Crippen molar-refractivity contribution >= 4 is 11.6 Å². The van der Waals surface area contributed by atoms with Crippen LogP contribution in [0.1, 0.15) is 92.1 Å². The number of anilines is 1. The van der Waals surface area contributed by atoms with Crippen molar-refractivity contribution in [3.63, 3.8) is 0 Å². The maximum atomic E-state index is 14.6. The van der Waals surface area contributed by atoms with Gasteiger partial charge in [-0.15, -0.1) is 0 Å². The second kappa shape index (κ2) is 13.1. The third-order valence-corrected chi connectivity index (χ3v) is 8.95. The Hall–Kier alpha value is -3.38. The molecule has 2 atom stereocenters. The Bertz CT molecular complexity index is 1350. The molecule has 218 valence electrons. The first-order chi connectivity index (χ1) is 19.9. The molecule has 0 spiro atoms. The molecule has 5 nitrogen and oxygen atoms in total. The molecule has 3 aromatic carbocycles. The first-order valence-corrected chi connectivity index (χ1v) is 15.2. The molecule has 1 aliphatic carbocycles. The minimum atomic E-state index is -0.271. The Morgan fingerprint density at radius 3 is 2.37 bits per heavy atom. The molecular weight excluding hydrogens is 515 g/mol. The van der Waals surface area contributed by atoms with Crippen LogP contribution in [0.25, 0.3) is 0 Å². The molecule has 1 aliphatic heterocycles. The molecule has 2 fully saturated rings. The van der Waals surface area contributed by atoms with Crippen LogP contribution >= 0.6 is 0 Å². The fraction of sp³-hybridized carbons (Fsp3) is 0.457. The van der Waals surface area contributed by atoms with E-state index >= 15 is 0 Å². The van der Waals surface area contributed by atoms with Gasteiger partial charge in [0.15, 0.2) is 0 Å². The number of ether oxygens (including phenoxy) is 2. The van der Waals surface area contributed by atoms with E-state index in [-0.39, 0.29) is 30.2 Å². The first kappa shape index (κ1) is 29.1. The number of hydrogen-bond acceptors (Lipinski definition) is 4. The van der Waals surface area contributed by atoms with Crippen LogP contribution in [-0.4, -0.2) is 37.6 Å². The normalized spacial score (nSPS) is 19.1. The lowest BCUT2D eigenvalue weighted by molar-refractivity contribution is -0.117. The summed E-state index contributed by atoms with van der Waals surface area (Å²) in [6.45, 7) is 7.62. The summed E-state index contributed by atoms with van der Waals surface area (Å²) in [7, 11) is 1.67. The van der Waals surface area contributed by atoms with Gasteiger partial charge in [-0.05, 0) is 97.4 Å². The van der Waals surface area contributed by atoms with Gasteiger partial charge in [-0.3, -0.25) is 9.69 Å². The number of aryl methyl sites for hydroxylation is 1. The summed E-state index contributed by atoms with van der Waals surface area (Å²) in [6.07, 6.45) is 5.90. The van der Waals surface area contributed by atoms with Crippen LogP contribution in [0.15, 0.2) is 54.6 Å². The van der Waals surface area contributed by atoms with E-state index in [1.165, 1.54) is 36.5 Å². The fourth-order valence-corrected chi connectivity index (χ4v) is 6.46. The molecule has 5 rings (SSSR count). The average Bonchev–Trinajstić information content (AvgIpc) is 3.37. The summed E-state index contributed by atoms with van der Waals surface area (Å²) < 4.78 is 26.1. The number of rotatable bonds is 11. The number of carbonyl (C=O) groups is 1. The van der Waals surface area contributed by atoms with Crippen molar-refractivity contribution in [3.05, 3.63) is 88.2 Å². The summed E-state index contributed by atoms with van der Waals surface area (Å²) in [5.74, 6) is 2.30. The number of benzene rings is 3. The Kier molecular flexibility index (Phi) is 9.29. The average molecular weight is 559 g/mol. The lowest BCUT2D eigenvalue weighted by atomic mass is 9.79. The highest BCUT2D eigenvalue weighted by Gasteiger charge is 2.36. The van der Waals surface area contributed by atoms with Crippen molar-refractivity contribution in [2.45, 2.75) is 77.2 Å². The molecule has 1 heterocycles. The van der Waals surface area contributed by atoms with E-state index in [4.69, 9.17) is 9.47 Å². The first-order valence-electron chi connectivity index (χ1n) is 15.2. The number of amides is 1. The quantitative estimate of drug-likeness (QED) is 0.261. The Morgan fingerprint density at radius 1 is 0.976 bits per heavy atom. The molecule has 1 saturated heterocycles. The predicted octanol–water partition coefficient (Wildman–Crippen LogP) is 7.79. The Labute approximate surface area is 244 Å². The predicted molar refractivity (Wildman–Crippen MR) is 163 cm³/mol. The van der Waals surface area contributed by atoms with Crippen LogP contribution in [0.2, 0.25) is 0 Å². The molecular formula is C35H43FN2O3. The third-order valence-electron chi connectivity index (χ3n) is 8.95. The lowest BCUT2D eigenvalue weighted by Crippen LogP contribution is -2.33. The summed E-state index contributed by atoms with van der Waals surface area (Å²) in [5.41, 5.74) is 5.90. The Balaban J connectivity index is 1.41. The fourth-order valence-electron chi connectivity index (χ4n) is 6.46. The van der Waals surface area contributed by atoms with Crippen molar-refractivity contribution < 1.29 is 18.7 Å². The topological polar surface area (TPSA) is 50.8 Å². The smallest absolute Gasteiger partial charge is 0.238 e. The molecule has 1 amide bonds. The standard InChI is InChI=1S/C35H43FN2O3/c1-5-23-14-18-31(36)29(6-2)35(23)37-34(39)22-38-21-27(19-32(38)25-11-15-28(40-4)16-12-25)26-13-17-30(24-9-8-10-24)33(20-26)41-7-3/h11-18,20,24,27,32H,5-10,19,21-22H2,1-4H3,(H,37,39)/t27-,32?/m1/s1. The number of carbonyl (C=O) groups excluding carboxylic acids is 1. The van der Waals surface area contributed by atoms with E-state index in [9.17, 15) is 9.18 Å². The maximum Gasteiger partial charge on any atom is 0.238 e. The summed E-state index contributed by atoms with van der Waals surface area (Å²) >= 11 is 0. The van der Waals surface area contributed by atoms with Gasteiger partial charge in [-0.1, -0.05) is 50.6 Å². The van der Waals surface area contributed by atoms with Crippen LogP contribution in [0.5, 0.6) is 11.5 Å². The molecule has 3 aromatic rings. The second-order valence-corrected chi connectivity index (χ2v) is 11.3. The van der Waals surface area contributed by atoms with E-state index in [0.717, 1.165) is 42.0 Å². The van der Waals surface area contributed by atoms with Gasteiger partial charge in [0, 0.05) is 18.2 Å². The lowest BCUT2D eigenvalue weighted by Gasteiger charge is -2.28. The summed E-state index contributed by atoms with van der Waals surface area (Å²) in [4.78, 5) is 15.8. The zero-order chi connectivity index (χ0) is 28.9. The third kappa shape index (κ3) is 6.28. The van der Waals surface area contributed by atoms with E-state index in [2.05, 4.69) is 40.5 Å². The summed E-state index contributed by atoms with van der Waals surface area (Å²) in [6, 6.07) is 18.3. The molecule has 1 unspecified atom stereocenters. The molecule has 41 heavy (non-hydrogen) atoms. The van der Waals surface area contributed by atoms with Crippen molar-refractivity contribution in [1.29, 1.82) is 0 Å². The number of nitrogens with zero attached hydrogens (tertiary/aromatic N) is 1. The van der Waals surface area contributed by atoms with E-state index in [1.807, 2.05) is 32.9 Å². The van der Waals surface area contributed by atoms with Crippen molar-refractivity contribution in [2.75, 3.05) is 32.1 Å². The van der Waals surface area contributed by atoms with Gasteiger partial charge in [0.1, 0.15) is 17.3 Å². The molecule has 1 saturated carbocycles. The molecule has 2 aliphatic rings. The number of likely N-dealkylation sites (tertiary alicyclic amines) is 1. The van der Waals surface area contributed by atoms with Gasteiger partial charge in [0.05, 0.1) is 25.9 Å². The van der Waals surface area contributed by atoms with Gasteiger partial charge in [-0.25, -0.2) is 4.39 Å².